The van der Waals surface area contributed by atoms with E-state index in [1.54, 1.807) is 39.5 Å². The lowest BCUT2D eigenvalue weighted by Crippen LogP contribution is -3.08. The van der Waals surface area contributed by atoms with Crippen LogP contribution < -0.4 is 24.4 Å². The molecule has 0 saturated carbocycles. The summed E-state index contributed by atoms with van der Waals surface area (Å²) in [6, 6.07) is 13.2. The number of hydrogen-bond acceptors (Lipinski definition) is 4. The fourth-order valence-corrected chi connectivity index (χ4v) is 2.59. The molecule has 6 nitrogen and oxygen atoms in total. The molecule has 0 spiro atoms. The molecule has 1 atom stereocenters. The number of anilines is 1. The Kier molecular flexibility index (Phi) is 6.65. The number of likely N-dealkylation sites (N-methyl/N-ethyl adjacent to an activating group) is 1. The van der Waals surface area contributed by atoms with Crippen LogP contribution in [0.4, 0.5) is 5.69 Å². The molecule has 0 bridgehead atoms. The van der Waals surface area contributed by atoms with Crippen molar-refractivity contribution in [1.29, 1.82) is 0 Å². The lowest BCUT2D eigenvalue weighted by molar-refractivity contribution is -0.885. The normalized spacial score (nSPS) is 11.5. The number of benzene rings is 2. The standard InChI is InChI=1S/C19H24N2O4/c1-21(12-14-6-5-7-16(10-14)23-2)13-19(22)20-15-8-9-17(24-3)18(11-15)25-4/h5-11H,12-13H2,1-4H3,(H,20,22)/p+1. The van der Waals surface area contributed by atoms with Crippen LogP contribution in [0.1, 0.15) is 5.56 Å². The van der Waals surface area contributed by atoms with Crippen LogP contribution in [0.3, 0.4) is 0 Å². The van der Waals surface area contributed by atoms with Gasteiger partial charge >= 0.3 is 0 Å². The molecule has 1 amide bonds. The van der Waals surface area contributed by atoms with Crippen molar-refractivity contribution in [1.82, 2.24) is 0 Å². The third-order valence-electron chi connectivity index (χ3n) is 3.77. The Bertz CT molecular complexity index is 718. The molecule has 2 aromatic rings. The largest absolute Gasteiger partial charge is 0.497 e. The summed E-state index contributed by atoms with van der Waals surface area (Å²) >= 11 is 0. The van der Waals surface area contributed by atoms with Gasteiger partial charge in [0.1, 0.15) is 12.3 Å². The van der Waals surface area contributed by atoms with Crippen molar-refractivity contribution in [2.24, 2.45) is 0 Å². The second-order valence-corrected chi connectivity index (χ2v) is 5.78. The van der Waals surface area contributed by atoms with Gasteiger partial charge in [-0.3, -0.25) is 4.79 Å². The zero-order chi connectivity index (χ0) is 18.2. The van der Waals surface area contributed by atoms with Gasteiger partial charge in [0, 0.05) is 17.3 Å². The number of hydrogen-bond donors (Lipinski definition) is 2. The molecule has 2 N–H and O–H groups in total. The summed E-state index contributed by atoms with van der Waals surface area (Å²) in [6.07, 6.45) is 0. The summed E-state index contributed by atoms with van der Waals surface area (Å²) < 4.78 is 15.7. The first-order chi connectivity index (χ1) is 12.0. The summed E-state index contributed by atoms with van der Waals surface area (Å²) in [7, 11) is 6.77. The van der Waals surface area contributed by atoms with Gasteiger partial charge in [0.25, 0.3) is 5.91 Å². The molecule has 0 radical (unpaired) electrons. The van der Waals surface area contributed by atoms with E-state index in [0.29, 0.717) is 23.7 Å². The average Bonchev–Trinajstić information content (AvgIpc) is 2.61. The molecule has 2 rings (SSSR count). The zero-order valence-corrected chi connectivity index (χ0v) is 15.1. The van der Waals surface area contributed by atoms with Crippen LogP contribution >= 0.6 is 0 Å². The molecule has 0 aromatic heterocycles. The molecule has 2 aromatic carbocycles. The second-order valence-electron chi connectivity index (χ2n) is 5.78. The van der Waals surface area contributed by atoms with E-state index in [1.165, 1.54) is 0 Å². The van der Waals surface area contributed by atoms with E-state index in [2.05, 4.69) is 5.32 Å². The van der Waals surface area contributed by atoms with Crippen molar-refractivity contribution in [3.63, 3.8) is 0 Å². The van der Waals surface area contributed by atoms with Gasteiger partial charge in [-0.2, -0.15) is 0 Å². The summed E-state index contributed by atoms with van der Waals surface area (Å²) in [5.41, 5.74) is 1.80. The first-order valence-corrected chi connectivity index (χ1v) is 8.01. The molecular weight excluding hydrogens is 320 g/mol. The van der Waals surface area contributed by atoms with Crippen LogP contribution in [0.5, 0.6) is 17.2 Å². The van der Waals surface area contributed by atoms with Crippen molar-refractivity contribution in [2.75, 3.05) is 40.2 Å². The van der Waals surface area contributed by atoms with Crippen molar-refractivity contribution in [3.05, 3.63) is 48.0 Å². The van der Waals surface area contributed by atoms with E-state index in [9.17, 15) is 4.79 Å². The number of carbonyl (C=O) groups excluding carboxylic acids is 1. The molecule has 0 heterocycles. The maximum absolute atomic E-state index is 12.3. The van der Waals surface area contributed by atoms with Gasteiger partial charge in [-0.15, -0.1) is 0 Å². The van der Waals surface area contributed by atoms with Gasteiger partial charge in [0.2, 0.25) is 0 Å². The SMILES string of the molecule is COc1cccc(C[NH+](C)CC(=O)Nc2ccc(OC)c(OC)c2)c1. The Balaban J connectivity index is 1.92. The highest BCUT2D eigenvalue weighted by Gasteiger charge is 2.13. The van der Waals surface area contributed by atoms with Crippen LogP contribution in [-0.4, -0.2) is 40.8 Å². The van der Waals surface area contributed by atoms with Crippen LogP contribution in [0.2, 0.25) is 0 Å². The van der Waals surface area contributed by atoms with E-state index in [-0.39, 0.29) is 5.91 Å². The highest BCUT2D eigenvalue weighted by Crippen LogP contribution is 2.29. The lowest BCUT2D eigenvalue weighted by atomic mass is 10.2. The highest BCUT2D eigenvalue weighted by atomic mass is 16.5. The zero-order valence-electron chi connectivity index (χ0n) is 15.1. The molecule has 1 unspecified atom stereocenters. The minimum Gasteiger partial charge on any atom is -0.497 e. The fourth-order valence-electron chi connectivity index (χ4n) is 2.59. The Morgan fingerprint density at radius 3 is 2.44 bits per heavy atom. The number of ether oxygens (including phenoxy) is 3. The summed E-state index contributed by atoms with van der Waals surface area (Å²) in [5.74, 6) is 1.96. The number of rotatable bonds is 8. The highest BCUT2D eigenvalue weighted by molar-refractivity contribution is 5.91. The van der Waals surface area contributed by atoms with Crippen LogP contribution in [0.25, 0.3) is 0 Å². The van der Waals surface area contributed by atoms with Gasteiger partial charge in [-0.25, -0.2) is 0 Å². The molecule has 0 aliphatic carbocycles. The number of methoxy groups -OCH3 is 3. The predicted octanol–water partition coefficient (Wildman–Crippen LogP) is 1.37. The van der Waals surface area contributed by atoms with Crippen LogP contribution in [0, 0.1) is 0 Å². The molecule has 25 heavy (non-hydrogen) atoms. The molecule has 0 fully saturated rings. The Hall–Kier alpha value is -2.73. The summed E-state index contributed by atoms with van der Waals surface area (Å²) in [5, 5.41) is 2.89. The minimum absolute atomic E-state index is 0.0624. The maximum atomic E-state index is 12.3. The van der Waals surface area contributed by atoms with E-state index in [0.717, 1.165) is 22.8 Å². The molecule has 6 heteroatoms. The van der Waals surface area contributed by atoms with Crippen molar-refractivity contribution in [2.45, 2.75) is 6.54 Å². The molecule has 134 valence electrons. The Morgan fingerprint density at radius 1 is 1.00 bits per heavy atom. The molecule has 0 aliphatic heterocycles. The molecule has 0 saturated heterocycles. The summed E-state index contributed by atoms with van der Waals surface area (Å²) in [6.45, 7) is 1.09. The molecule has 0 aliphatic rings. The minimum atomic E-state index is -0.0624. The van der Waals surface area contributed by atoms with Crippen LogP contribution in [-0.2, 0) is 11.3 Å². The lowest BCUT2D eigenvalue weighted by Gasteiger charge is -2.15. The number of nitrogens with one attached hydrogen (secondary N) is 2. The quantitative estimate of drug-likeness (QED) is 0.759. The monoisotopic (exact) mass is 345 g/mol. The van der Waals surface area contributed by atoms with Gasteiger partial charge in [0.15, 0.2) is 18.0 Å². The smallest absolute Gasteiger partial charge is 0.279 e. The van der Waals surface area contributed by atoms with E-state index in [1.807, 2.05) is 31.3 Å². The molecular formula is C19H25N2O4+. The first kappa shape index (κ1) is 18.6. The average molecular weight is 345 g/mol. The first-order valence-electron chi connectivity index (χ1n) is 8.01. The third-order valence-corrected chi connectivity index (χ3v) is 3.77. The number of quaternary nitrogens is 1. The Labute approximate surface area is 148 Å². The van der Waals surface area contributed by atoms with Crippen molar-refractivity contribution < 1.29 is 23.9 Å². The fraction of sp³-hybridized carbons (Fsp3) is 0.316. The van der Waals surface area contributed by atoms with Gasteiger partial charge in [-0.05, 0) is 24.3 Å². The van der Waals surface area contributed by atoms with Crippen LogP contribution in [0.15, 0.2) is 42.5 Å². The summed E-state index contributed by atoms with van der Waals surface area (Å²) in [4.78, 5) is 13.3. The van der Waals surface area contributed by atoms with E-state index < -0.39 is 0 Å². The predicted molar refractivity (Wildman–Crippen MR) is 96.6 cm³/mol. The topological polar surface area (TPSA) is 61.2 Å². The van der Waals surface area contributed by atoms with Crippen molar-refractivity contribution in [3.8, 4) is 17.2 Å². The third kappa shape index (κ3) is 5.39. The van der Waals surface area contributed by atoms with E-state index >= 15 is 0 Å². The second kappa shape index (κ2) is 8.94. The number of carbonyl (C=O) groups is 1. The Morgan fingerprint density at radius 2 is 1.76 bits per heavy atom. The van der Waals surface area contributed by atoms with Gasteiger partial charge < -0.3 is 24.4 Å². The van der Waals surface area contributed by atoms with Crippen molar-refractivity contribution >= 4 is 11.6 Å². The van der Waals surface area contributed by atoms with Gasteiger partial charge in [-0.1, -0.05) is 12.1 Å². The maximum Gasteiger partial charge on any atom is 0.279 e. The number of amides is 1. The van der Waals surface area contributed by atoms with Gasteiger partial charge in [0.05, 0.1) is 28.4 Å². The van der Waals surface area contributed by atoms with E-state index in [4.69, 9.17) is 14.2 Å².